The minimum atomic E-state index is -5.06. The van der Waals surface area contributed by atoms with Gasteiger partial charge < -0.3 is 15.5 Å². The van der Waals surface area contributed by atoms with E-state index in [9.17, 15) is 36.3 Å². The second kappa shape index (κ2) is 9.63. The molecule has 1 aliphatic heterocycles. The zero-order valence-corrected chi connectivity index (χ0v) is 15.2. The number of carbonyl (C=O) groups is 3. The molecule has 0 atom stereocenters. The van der Waals surface area contributed by atoms with Gasteiger partial charge >= 0.3 is 12.1 Å². The molecule has 1 aromatic carbocycles. The van der Waals surface area contributed by atoms with Gasteiger partial charge in [0.1, 0.15) is 11.6 Å². The van der Waals surface area contributed by atoms with Crippen LogP contribution >= 0.6 is 0 Å². The van der Waals surface area contributed by atoms with Crippen LogP contribution in [-0.2, 0) is 14.4 Å². The third-order valence-corrected chi connectivity index (χ3v) is 4.17. The van der Waals surface area contributed by atoms with Gasteiger partial charge in [-0.15, -0.1) is 0 Å². The number of halogens is 5. The minimum absolute atomic E-state index is 0.107. The average molecular weight is 422 g/mol. The highest BCUT2D eigenvalue weighted by molar-refractivity contribution is 5.92. The molecule has 1 fully saturated rings. The summed E-state index contributed by atoms with van der Waals surface area (Å²) in [6, 6.07) is 2.74. The summed E-state index contributed by atoms with van der Waals surface area (Å²) in [5, 5.41) is 3.85. The fraction of sp³-hybridized carbons (Fsp3) is 0.471. The lowest BCUT2D eigenvalue weighted by molar-refractivity contribution is -0.174. The Kier molecular flexibility index (Phi) is 7.48. The first-order valence-electron chi connectivity index (χ1n) is 8.66. The zero-order chi connectivity index (χ0) is 21.6. The number of hydrogen-bond donors (Lipinski definition) is 2. The highest BCUT2D eigenvalue weighted by Crippen LogP contribution is 2.15. The first-order valence-corrected chi connectivity index (χ1v) is 8.66. The normalized spacial score (nSPS) is 15.6. The molecule has 1 saturated heterocycles. The van der Waals surface area contributed by atoms with Crippen LogP contribution < -0.4 is 10.6 Å². The molecule has 0 radical (unpaired) electrons. The van der Waals surface area contributed by atoms with E-state index in [4.69, 9.17) is 0 Å². The summed E-state index contributed by atoms with van der Waals surface area (Å²) in [5.74, 6) is -5.07. The number of rotatable bonds is 5. The SMILES string of the molecule is O=C(CN1CCCN(C(=O)CNC(=O)C(F)(F)F)CC1)Nc1ccc(F)cc1F. The molecule has 29 heavy (non-hydrogen) atoms. The molecule has 0 unspecified atom stereocenters. The molecule has 2 N–H and O–H groups in total. The summed E-state index contributed by atoms with van der Waals surface area (Å²) in [5.41, 5.74) is -0.163. The van der Waals surface area contributed by atoms with Crippen molar-refractivity contribution in [3.63, 3.8) is 0 Å². The molecule has 1 heterocycles. The topological polar surface area (TPSA) is 81.8 Å². The molecular formula is C17H19F5N4O3. The number of anilines is 1. The molecular weight excluding hydrogens is 403 g/mol. The molecule has 0 aromatic heterocycles. The molecule has 0 bridgehead atoms. The van der Waals surface area contributed by atoms with Crippen LogP contribution in [0.4, 0.5) is 27.6 Å². The summed E-state index contributed by atoms with van der Waals surface area (Å²) in [7, 11) is 0. The van der Waals surface area contributed by atoms with Crippen LogP contribution in [-0.4, -0.2) is 73.0 Å². The van der Waals surface area contributed by atoms with Crippen LogP contribution in [0.15, 0.2) is 18.2 Å². The van der Waals surface area contributed by atoms with Gasteiger partial charge in [0.15, 0.2) is 0 Å². The number of hydrogen-bond acceptors (Lipinski definition) is 4. The Morgan fingerprint density at radius 1 is 1.03 bits per heavy atom. The summed E-state index contributed by atoms with van der Waals surface area (Å²) in [6.07, 6.45) is -4.61. The quantitative estimate of drug-likeness (QED) is 0.697. The zero-order valence-electron chi connectivity index (χ0n) is 15.2. The Labute approximate surface area is 162 Å². The predicted octanol–water partition coefficient (Wildman–Crippen LogP) is 1.12. The highest BCUT2D eigenvalue weighted by Gasteiger charge is 2.38. The number of nitrogens with zero attached hydrogens (tertiary/aromatic N) is 2. The van der Waals surface area contributed by atoms with E-state index < -0.39 is 42.1 Å². The monoisotopic (exact) mass is 422 g/mol. The summed E-state index contributed by atoms with van der Waals surface area (Å²) in [6.45, 7) is 0.215. The van der Waals surface area contributed by atoms with Gasteiger partial charge in [0.25, 0.3) is 0 Å². The Bertz CT molecular complexity index is 772. The first kappa shape index (κ1) is 22.5. The Morgan fingerprint density at radius 3 is 2.41 bits per heavy atom. The van der Waals surface area contributed by atoms with Crippen LogP contribution in [0.3, 0.4) is 0 Å². The van der Waals surface area contributed by atoms with E-state index in [2.05, 4.69) is 5.32 Å². The van der Waals surface area contributed by atoms with Crippen molar-refractivity contribution in [2.24, 2.45) is 0 Å². The van der Waals surface area contributed by atoms with Gasteiger partial charge in [0.05, 0.1) is 18.8 Å². The smallest absolute Gasteiger partial charge is 0.340 e. The number of amides is 3. The maximum absolute atomic E-state index is 13.6. The average Bonchev–Trinajstić information content (AvgIpc) is 2.86. The molecule has 160 valence electrons. The van der Waals surface area contributed by atoms with Crippen molar-refractivity contribution in [1.29, 1.82) is 0 Å². The maximum atomic E-state index is 13.6. The van der Waals surface area contributed by atoms with Crippen LogP contribution in [0, 0.1) is 11.6 Å². The van der Waals surface area contributed by atoms with Crippen molar-refractivity contribution in [1.82, 2.24) is 15.1 Å². The predicted molar refractivity (Wildman–Crippen MR) is 91.7 cm³/mol. The van der Waals surface area contributed by atoms with Crippen LogP contribution in [0.1, 0.15) is 6.42 Å². The van der Waals surface area contributed by atoms with Gasteiger partial charge in [0, 0.05) is 32.2 Å². The Hall–Kier alpha value is -2.76. The second-order valence-electron chi connectivity index (χ2n) is 6.36. The van der Waals surface area contributed by atoms with E-state index in [1.54, 1.807) is 4.90 Å². The summed E-state index contributed by atoms with van der Waals surface area (Å²) < 4.78 is 62.9. The third-order valence-electron chi connectivity index (χ3n) is 4.17. The molecule has 1 aliphatic rings. The summed E-state index contributed by atoms with van der Waals surface area (Å²) in [4.78, 5) is 37.8. The standard InChI is InChI=1S/C17H19F5N4O3/c18-11-2-3-13(12(19)8-11)24-14(27)10-25-4-1-5-26(7-6-25)15(28)9-23-16(29)17(20,21)22/h2-3,8H,1,4-7,9-10H2,(H,23,29)(H,24,27). The van der Waals surface area contributed by atoms with Crippen molar-refractivity contribution in [2.45, 2.75) is 12.6 Å². The van der Waals surface area contributed by atoms with Crippen LogP contribution in [0.2, 0.25) is 0 Å². The van der Waals surface area contributed by atoms with Gasteiger partial charge in [-0.05, 0) is 18.6 Å². The van der Waals surface area contributed by atoms with Crippen LogP contribution in [0.5, 0.6) is 0 Å². The lowest BCUT2D eigenvalue weighted by Crippen LogP contribution is -2.45. The molecule has 7 nitrogen and oxygen atoms in total. The minimum Gasteiger partial charge on any atom is -0.340 e. The molecule has 12 heteroatoms. The number of alkyl halides is 3. The second-order valence-corrected chi connectivity index (χ2v) is 6.36. The van der Waals surface area contributed by atoms with Crippen molar-refractivity contribution in [2.75, 3.05) is 44.6 Å². The van der Waals surface area contributed by atoms with E-state index in [1.165, 1.54) is 10.2 Å². The molecule has 3 amide bonds. The fourth-order valence-electron chi connectivity index (χ4n) is 2.73. The van der Waals surface area contributed by atoms with E-state index in [0.717, 1.165) is 12.1 Å². The largest absolute Gasteiger partial charge is 0.471 e. The van der Waals surface area contributed by atoms with Crippen molar-refractivity contribution in [3.8, 4) is 0 Å². The van der Waals surface area contributed by atoms with Gasteiger partial charge in [0.2, 0.25) is 11.8 Å². The lowest BCUT2D eigenvalue weighted by atomic mass is 10.3. The van der Waals surface area contributed by atoms with Crippen molar-refractivity contribution in [3.05, 3.63) is 29.8 Å². The van der Waals surface area contributed by atoms with Gasteiger partial charge in [-0.2, -0.15) is 13.2 Å². The Morgan fingerprint density at radius 2 is 1.76 bits per heavy atom. The number of nitrogens with one attached hydrogen (secondary N) is 2. The number of carbonyl (C=O) groups excluding carboxylic acids is 3. The van der Waals surface area contributed by atoms with E-state index in [-0.39, 0.29) is 31.9 Å². The Balaban J connectivity index is 1.80. The first-order chi connectivity index (χ1) is 13.6. The van der Waals surface area contributed by atoms with Crippen LogP contribution in [0.25, 0.3) is 0 Å². The molecule has 1 aromatic rings. The fourth-order valence-corrected chi connectivity index (χ4v) is 2.73. The van der Waals surface area contributed by atoms with Crippen molar-refractivity contribution < 1.29 is 36.3 Å². The highest BCUT2D eigenvalue weighted by atomic mass is 19.4. The lowest BCUT2D eigenvalue weighted by Gasteiger charge is -2.22. The van der Waals surface area contributed by atoms with Gasteiger partial charge in [-0.3, -0.25) is 19.3 Å². The van der Waals surface area contributed by atoms with Gasteiger partial charge in [-0.1, -0.05) is 0 Å². The van der Waals surface area contributed by atoms with E-state index in [1.807, 2.05) is 0 Å². The maximum Gasteiger partial charge on any atom is 0.471 e. The molecule has 0 spiro atoms. The summed E-state index contributed by atoms with van der Waals surface area (Å²) >= 11 is 0. The van der Waals surface area contributed by atoms with E-state index in [0.29, 0.717) is 19.0 Å². The number of benzene rings is 1. The molecule has 2 rings (SSSR count). The van der Waals surface area contributed by atoms with Crippen molar-refractivity contribution >= 4 is 23.4 Å². The molecule has 0 saturated carbocycles. The third kappa shape index (κ3) is 6.97. The molecule has 0 aliphatic carbocycles. The van der Waals surface area contributed by atoms with Gasteiger partial charge in [-0.25, -0.2) is 8.78 Å². The van der Waals surface area contributed by atoms with E-state index >= 15 is 0 Å².